The van der Waals surface area contributed by atoms with Gasteiger partial charge in [-0.1, -0.05) is 0 Å². The number of hydrogen-bond donors (Lipinski definition) is 1. The highest BCUT2D eigenvalue weighted by atomic mass is 32.1. The van der Waals surface area contributed by atoms with Crippen molar-refractivity contribution in [3.63, 3.8) is 0 Å². The molecule has 1 aliphatic heterocycles. The largest absolute Gasteiger partial charge is 0.352 e. The van der Waals surface area contributed by atoms with Gasteiger partial charge in [-0.3, -0.25) is 4.79 Å². The molecule has 1 amide bonds. The highest BCUT2D eigenvalue weighted by Gasteiger charge is 2.26. The summed E-state index contributed by atoms with van der Waals surface area (Å²) in [5.74, 6) is 0.182. The second kappa shape index (κ2) is 3.63. The monoisotopic (exact) mass is 221 g/mol. The van der Waals surface area contributed by atoms with E-state index in [9.17, 15) is 4.79 Å². The molecule has 3 heteroatoms. The zero-order valence-electron chi connectivity index (χ0n) is 8.77. The van der Waals surface area contributed by atoms with Gasteiger partial charge in [0.15, 0.2) is 0 Å². The molecule has 0 saturated carbocycles. The molecule has 1 aromatic rings. The van der Waals surface area contributed by atoms with Gasteiger partial charge < -0.3 is 5.32 Å². The molecular formula is C12H15NOS. The number of carbonyl (C=O) groups is 1. The van der Waals surface area contributed by atoms with Crippen molar-refractivity contribution in [2.24, 2.45) is 0 Å². The first-order chi connectivity index (χ1) is 7.36. The number of hydrogen-bond acceptors (Lipinski definition) is 2. The van der Waals surface area contributed by atoms with E-state index in [4.69, 9.17) is 0 Å². The molecule has 2 heterocycles. The molecule has 0 fully saturated rings. The zero-order chi connectivity index (χ0) is 10.3. The van der Waals surface area contributed by atoms with Crippen LogP contribution in [0, 0.1) is 0 Å². The average molecular weight is 221 g/mol. The Balaban J connectivity index is 2.12. The molecule has 1 aliphatic carbocycles. The van der Waals surface area contributed by atoms with Gasteiger partial charge >= 0.3 is 0 Å². The van der Waals surface area contributed by atoms with E-state index in [2.05, 4.69) is 5.32 Å². The Morgan fingerprint density at radius 2 is 1.80 bits per heavy atom. The third kappa shape index (κ3) is 1.49. The molecule has 0 spiro atoms. The number of thiophene rings is 1. The second-order valence-corrected chi connectivity index (χ2v) is 5.56. The predicted molar refractivity (Wildman–Crippen MR) is 61.6 cm³/mol. The minimum atomic E-state index is 0.182. The molecule has 0 aromatic carbocycles. The number of rotatable bonds is 0. The zero-order valence-corrected chi connectivity index (χ0v) is 9.58. The molecular weight excluding hydrogens is 206 g/mol. The quantitative estimate of drug-likeness (QED) is 0.715. The summed E-state index contributed by atoms with van der Waals surface area (Å²) in [7, 11) is 0. The van der Waals surface area contributed by atoms with Crippen LogP contribution in [0.3, 0.4) is 0 Å². The van der Waals surface area contributed by atoms with Crippen LogP contribution in [0.25, 0.3) is 0 Å². The first-order valence-electron chi connectivity index (χ1n) is 5.78. The fourth-order valence-corrected chi connectivity index (χ4v) is 4.04. The third-order valence-electron chi connectivity index (χ3n) is 3.34. The van der Waals surface area contributed by atoms with Crippen LogP contribution >= 0.6 is 11.3 Å². The van der Waals surface area contributed by atoms with Crippen LogP contribution in [0.2, 0.25) is 0 Å². The van der Waals surface area contributed by atoms with Crippen LogP contribution < -0.4 is 5.32 Å². The van der Waals surface area contributed by atoms with Gasteiger partial charge in [0.2, 0.25) is 0 Å². The van der Waals surface area contributed by atoms with Crippen LogP contribution in [0.5, 0.6) is 0 Å². The van der Waals surface area contributed by atoms with Crippen LogP contribution in [-0.2, 0) is 19.3 Å². The molecule has 2 nitrogen and oxygen atoms in total. The lowest BCUT2D eigenvalue weighted by atomic mass is 9.94. The van der Waals surface area contributed by atoms with Crippen molar-refractivity contribution >= 4 is 17.2 Å². The fourth-order valence-electron chi connectivity index (χ4n) is 2.60. The molecule has 3 rings (SSSR count). The molecule has 0 saturated heterocycles. The third-order valence-corrected chi connectivity index (χ3v) is 4.69. The topological polar surface area (TPSA) is 29.1 Å². The summed E-state index contributed by atoms with van der Waals surface area (Å²) in [4.78, 5) is 14.8. The Morgan fingerprint density at radius 1 is 1.00 bits per heavy atom. The molecule has 1 N–H and O–H groups in total. The van der Waals surface area contributed by atoms with E-state index < -0.39 is 0 Å². The second-order valence-electron chi connectivity index (χ2n) is 4.37. The van der Waals surface area contributed by atoms with Crippen molar-refractivity contribution in [3.05, 3.63) is 20.9 Å². The number of amides is 1. The summed E-state index contributed by atoms with van der Waals surface area (Å²) >= 11 is 1.89. The van der Waals surface area contributed by atoms with Gasteiger partial charge in [0, 0.05) is 16.3 Å². The highest BCUT2D eigenvalue weighted by Crippen LogP contribution is 2.35. The van der Waals surface area contributed by atoms with Crippen LogP contribution in [0.15, 0.2) is 0 Å². The van der Waals surface area contributed by atoms with Crippen molar-refractivity contribution in [2.75, 3.05) is 6.54 Å². The van der Waals surface area contributed by atoms with Crippen molar-refractivity contribution in [1.29, 1.82) is 0 Å². The molecule has 0 radical (unpaired) electrons. The van der Waals surface area contributed by atoms with E-state index in [1.807, 2.05) is 11.3 Å². The molecule has 0 atom stereocenters. The van der Waals surface area contributed by atoms with E-state index in [-0.39, 0.29) is 5.91 Å². The first-order valence-corrected chi connectivity index (χ1v) is 6.59. The summed E-state index contributed by atoms with van der Waals surface area (Å²) in [6.07, 6.45) is 7.05. The summed E-state index contributed by atoms with van der Waals surface area (Å²) in [5, 5.41) is 3.00. The number of nitrogens with one attached hydrogen (secondary N) is 1. The van der Waals surface area contributed by atoms with Gasteiger partial charge in [0.1, 0.15) is 0 Å². The smallest absolute Gasteiger partial charge is 0.252 e. The molecule has 0 unspecified atom stereocenters. The number of fused-ring (bicyclic) bond motifs is 3. The van der Waals surface area contributed by atoms with E-state index in [0.717, 1.165) is 31.4 Å². The summed E-state index contributed by atoms with van der Waals surface area (Å²) in [6, 6.07) is 0. The minimum Gasteiger partial charge on any atom is -0.352 e. The standard InChI is InChI=1S/C12H15NOS/c14-12-11-8-4-1-2-5-9(8)15-10(11)6-3-7-13-12/h1-7H2,(H,13,14). The van der Waals surface area contributed by atoms with Crippen molar-refractivity contribution in [1.82, 2.24) is 5.32 Å². The highest BCUT2D eigenvalue weighted by molar-refractivity contribution is 7.12. The van der Waals surface area contributed by atoms with E-state index in [1.54, 1.807) is 0 Å². The molecule has 15 heavy (non-hydrogen) atoms. The number of carbonyl (C=O) groups excluding carboxylic acids is 1. The van der Waals surface area contributed by atoms with E-state index >= 15 is 0 Å². The maximum Gasteiger partial charge on any atom is 0.252 e. The molecule has 80 valence electrons. The summed E-state index contributed by atoms with van der Waals surface area (Å²) < 4.78 is 0. The lowest BCUT2D eigenvalue weighted by molar-refractivity contribution is 0.0955. The number of aryl methyl sites for hydroxylation is 2. The maximum absolute atomic E-state index is 11.9. The Morgan fingerprint density at radius 3 is 2.73 bits per heavy atom. The summed E-state index contributed by atoms with van der Waals surface area (Å²) in [5.41, 5.74) is 2.42. The Kier molecular flexibility index (Phi) is 2.28. The van der Waals surface area contributed by atoms with Gasteiger partial charge in [-0.2, -0.15) is 0 Å². The van der Waals surface area contributed by atoms with Gasteiger partial charge in [0.05, 0.1) is 5.56 Å². The SMILES string of the molecule is O=C1NCCCc2sc3c(c21)CCCC3. The van der Waals surface area contributed by atoms with Gasteiger partial charge in [-0.15, -0.1) is 11.3 Å². The molecule has 2 aliphatic rings. The van der Waals surface area contributed by atoms with Crippen LogP contribution in [-0.4, -0.2) is 12.5 Å². The molecule has 0 bridgehead atoms. The van der Waals surface area contributed by atoms with Crippen LogP contribution in [0.4, 0.5) is 0 Å². The van der Waals surface area contributed by atoms with Gasteiger partial charge in [0.25, 0.3) is 5.91 Å². The predicted octanol–water partition coefficient (Wildman–Crippen LogP) is 2.30. The fraction of sp³-hybridized carbons (Fsp3) is 0.583. The Hall–Kier alpha value is -0.830. The van der Waals surface area contributed by atoms with Crippen molar-refractivity contribution in [2.45, 2.75) is 38.5 Å². The first kappa shape index (κ1) is 9.40. The molecule has 1 aromatic heterocycles. The maximum atomic E-state index is 11.9. The van der Waals surface area contributed by atoms with Crippen LogP contribution in [0.1, 0.15) is 44.9 Å². The van der Waals surface area contributed by atoms with Gasteiger partial charge in [-0.25, -0.2) is 0 Å². The van der Waals surface area contributed by atoms with E-state index in [0.29, 0.717) is 0 Å². The lowest BCUT2D eigenvalue weighted by Crippen LogP contribution is -2.23. The average Bonchev–Trinajstić information content (AvgIpc) is 2.53. The van der Waals surface area contributed by atoms with Gasteiger partial charge in [-0.05, 0) is 44.1 Å². The van der Waals surface area contributed by atoms with Crippen molar-refractivity contribution in [3.8, 4) is 0 Å². The lowest BCUT2D eigenvalue weighted by Gasteiger charge is -2.12. The van der Waals surface area contributed by atoms with E-state index in [1.165, 1.54) is 34.6 Å². The Labute approximate surface area is 93.7 Å². The van der Waals surface area contributed by atoms with Crippen molar-refractivity contribution < 1.29 is 4.79 Å². The summed E-state index contributed by atoms with van der Waals surface area (Å²) in [6.45, 7) is 0.842. The normalized spacial score (nSPS) is 20.1. The Bertz CT molecular complexity index is 408. The minimum absolute atomic E-state index is 0.182.